The van der Waals surface area contributed by atoms with Crippen molar-refractivity contribution in [3.63, 3.8) is 0 Å². The maximum Gasteiger partial charge on any atom is 0.271 e. The number of benzene rings is 2. The van der Waals surface area contributed by atoms with Gasteiger partial charge in [0.1, 0.15) is 17.3 Å². The van der Waals surface area contributed by atoms with Crippen LogP contribution in [0.25, 0.3) is 23.1 Å². The van der Waals surface area contributed by atoms with Gasteiger partial charge in [-0.3, -0.25) is 19.5 Å². The summed E-state index contributed by atoms with van der Waals surface area (Å²) in [5, 5.41) is 13.4. The highest BCUT2D eigenvalue weighted by molar-refractivity contribution is 7.10. The Bertz CT molecular complexity index is 2010. The van der Waals surface area contributed by atoms with E-state index in [2.05, 4.69) is 24.3 Å². The number of nitro groups is 1. The molecule has 3 aromatic heterocycles. The van der Waals surface area contributed by atoms with Gasteiger partial charge in [0.25, 0.3) is 11.2 Å². The molecule has 0 fully saturated rings. The number of ether oxygens (including phenoxy) is 1. The van der Waals surface area contributed by atoms with Crippen LogP contribution < -0.4 is 19.6 Å². The average Bonchev–Trinajstić information content (AvgIpc) is 3.73. The molecule has 0 unspecified atom stereocenters. The minimum absolute atomic E-state index is 0.0684. The van der Waals surface area contributed by atoms with Crippen LogP contribution in [0.1, 0.15) is 34.2 Å². The van der Waals surface area contributed by atoms with Gasteiger partial charge < -0.3 is 9.15 Å². The Labute approximate surface area is 235 Å². The van der Waals surface area contributed by atoms with Gasteiger partial charge in [-0.25, -0.2) is 4.99 Å². The molecule has 0 N–H and O–H groups in total. The Balaban J connectivity index is 1.36. The third-order valence-electron chi connectivity index (χ3n) is 7.25. The second kappa shape index (κ2) is 9.58. The lowest BCUT2D eigenvalue weighted by molar-refractivity contribution is -0.384. The van der Waals surface area contributed by atoms with E-state index in [0.717, 1.165) is 34.6 Å². The Morgan fingerprint density at radius 1 is 1.10 bits per heavy atom. The number of aromatic nitrogens is 1. The fourth-order valence-corrected chi connectivity index (χ4v) is 7.25. The molecule has 5 aromatic rings. The van der Waals surface area contributed by atoms with E-state index in [1.54, 1.807) is 29.5 Å². The molecule has 2 aliphatic rings. The SMILES string of the molecule is COc1ccc([N+](=O)[O-])cc1-c1ccc(/C=c2/sc3n(c2=O)[C@H](c2cccs2)C2=C(N=3)c3ccccc3CC2)o1. The number of thiophene rings is 1. The summed E-state index contributed by atoms with van der Waals surface area (Å²) in [7, 11) is 1.50. The molecule has 40 heavy (non-hydrogen) atoms. The molecule has 1 aliphatic heterocycles. The largest absolute Gasteiger partial charge is 0.496 e. The molecule has 0 bridgehead atoms. The van der Waals surface area contributed by atoms with Crippen molar-refractivity contribution in [1.29, 1.82) is 0 Å². The lowest BCUT2D eigenvalue weighted by Crippen LogP contribution is -2.38. The predicted molar refractivity (Wildman–Crippen MR) is 154 cm³/mol. The summed E-state index contributed by atoms with van der Waals surface area (Å²) in [6, 6.07) is 20.0. The molecule has 0 saturated carbocycles. The van der Waals surface area contributed by atoms with Gasteiger partial charge in [0.15, 0.2) is 4.80 Å². The van der Waals surface area contributed by atoms with Crippen molar-refractivity contribution in [2.45, 2.75) is 18.9 Å². The lowest BCUT2D eigenvalue weighted by atomic mass is 9.85. The second-order valence-electron chi connectivity index (χ2n) is 9.47. The van der Waals surface area contributed by atoms with Crippen LogP contribution in [0.4, 0.5) is 5.69 Å². The molecule has 4 heterocycles. The van der Waals surface area contributed by atoms with E-state index in [1.807, 2.05) is 22.1 Å². The number of allylic oxidation sites excluding steroid dienone is 1. The second-order valence-corrected chi connectivity index (χ2v) is 11.5. The van der Waals surface area contributed by atoms with E-state index < -0.39 is 4.92 Å². The summed E-state index contributed by atoms with van der Waals surface area (Å²) in [4.78, 5) is 31.5. The van der Waals surface area contributed by atoms with Crippen LogP contribution in [-0.4, -0.2) is 16.6 Å². The van der Waals surface area contributed by atoms with E-state index >= 15 is 0 Å². The van der Waals surface area contributed by atoms with E-state index in [4.69, 9.17) is 14.1 Å². The van der Waals surface area contributed by atoms with Gasteiger partial charge in [0.05, 0.1) is 33.9 Å². The van der Waals surface area contributed by atoms with E-state index in [-0.39, 0.29) is 17.3 Å². The Hall–Kier alpha value is -4.54. The molecule has 1 aliphatic carbocycles. The van der Waals surface area contributed by atoms with Crippen molar-refractivity contribution in [3.8, 4) is 17.1 Å². The van der Waals surface area contributed by atoms with Crippen molar-refractivity contribution >= 4 is 40.1 Å². The van der Waals surface area contributed by atoms with Gasteiger partial charge >= 0.3 is 0 Å². The maximum atomic E-state index is 13.9. The van der Waals surface area contributed by atoms with Gasteiger partial charge in [0, 0.05) is 28.6 Å². The van der Waals surface area contributed by atoms with Crippen LogP contribution in [0.3, 0.4) is 0 Å². The number of non-ortho nitro benzene ring substituents is 1. The summed E-state index contributed by atoms with van der Waals surface area (Å²) >= 11 is 2.97. The van der Waals surface area contributed by atoms with Gasteiger partial charge in [-0.15, -0.1) is 11.3 Å². The molecule has 10 heteroatoms. The standard InChI is InChI=1S/C30H21N3O5S2/c1-37-23-12-9-18(33(35)36)15-22(23)24-13-10-19(38-24)16-26-29(34)32-28(25-7-4-14-39-25)21-11-8-17-5-2-3-6-20(17)27(21)31-30(32)40-26/h2-7,9-10,12-16,28H,8,11H2,1H3/b26-16+/t28-/m0/s1. The first-order valence-corrected chi connectivity index (χ1v) is 14.3. The number of thiazole rings is 1. The fourth-order valence-electron chi connectivity index (χ4n) is 5.42. The van der Waals surface area contributed by atoms with Gasteiger partial charge in [0.2, 0.25) is 0 Å². The highest BCUT2D eigenvalue weighted by Gasteiger charge is 2.33. The van der Waals surface area contributed by atoms with Crippen LogP contribution in [0.15, 0.2) is 91.9 Å². The van der Waals surface area contributed by atoms with Gasteiger partial charge in [-0.2, -0.15) is 0 Å². The summed E-state index contributed by atoms with van der Waals surface area (Å²) in [5.41, 5.74) is 4.80. The maximum absolute atomic E-state index is 13.9. The number of nitro benzene ring substituents is 1. The third-order valence-corrected chi connectivity index (χ3v) is 9.15. The van der Waals surface area contributed by atoms with Crippen molar-refractivity contribution in [3.05, 3.63) is 129 Å². The molecule has 0 amide bonds. The Morgan fingerprint density at radius 2 is 1.98 bits per heavy atom. The monoisotopic (exact) mass is 567 g/mol. The fraction of sp³-hybridized carbons (Fsp3) is 0.133. The molecular weight excluding hydrogens is 546 g/mol. The molecule has 1 atom stereocenters. The molecule has 0 radical (unpaired) electrons. The first-order valence-electron chi connectivity index (χ1n) is 12.6. The topological polar surface area (TPSA) is 99.9 Å². The molecule has 2 aromatic carbocycles. The zero-order valence-corrected chi connectivity index (χ0v) is 22.8. The minimum atomic E-state index is -0.463. The molecule has 0 spiro atoms. The van der Waals surface area contributed by atoms with Crippen LogP contribution in [0.2, 0.25) is 0 Å². The van der Waals surface area contributed by atoms with Crippen LogP contribution in [0, 0.1) is 10.1 Å². The Morgan fingerprint density at radius 3 is 2.77 bits per heavy atom. The number of rotatable bonds is 5. The number of nitrogens with zero attached hydrogens (tertiary/aromatic N) is 3. The average molecular weight is 568 g/mol. The van der Waals surface area contributed by atoms with Crippen LogP contribution >= 0.6 is 22.7 Å². The molecule has 7 rings (SSSR count). The number of aryl methyl sites for hydroxylation is 1. The number of hydrogen-bond acceptors (Lipinski definition) is 8. The van der Waals surface area contributed by atoms with E-state index in [9.17, 15) is 14.9 Å². The number of methoxy groups -OCH3 is 1. The Kier molecular flexibility index (Phi) is 5.87. The number of hydrogen-bond donors (Lipinski definition) is 0. The molecular formula is C30H21N3O5S2. The van der Waals surface area contributed by atoms with Crippen molar-refractivity contribution < 1.29 is 14.1 Å². The summed E-state index contributed by atoms with van der Waals surface area (Å²) in [5.74, 6) is 1.31. The third kappa shape index (κ3) is 3.95. The van der Waals surface area contributed by atoms with Crippen LogP contribution in [-0.2, 0) is 6.42 Å². The summed E-state index contributed by atoms with van der Waals surface area (Å²) in [6.45, 7) is 0. The summed E-state index contributed by atoms with van der Waals surface area (Å²) < 4.78 is 13.7. The molecule has 8 nitrogen and oxygen atoms in total. The zero-order valence-electron chi connectivity index (χ0n) is 21.2. The van der Waals surface area contributed by atoms with Crippen molar-refractivity contribution in [1.82, 2.24) is 4.57 Å². The smallest absolute Gasteiger partial charge is 0.271 e. The first-order chi connectivity index (χ1) is 19.5. The van der Waals surface area contributed by atoms with Crippen LogP contribution in [0.5, 0.6) is 5.75 Å². The molecule has 198 valence electrons. The number of fused-ring (bicyclic) bond motifs is 3. The summed E-state index contributed by atoms with van der Waals surface area (Å²) in [6.07, 6.45) is 3.46. The minimum Gasteiger partial charge on any atom is -0.496 e. The van der Waals surface area contributed by atoms with Gasteiger partial charge in [-0.1, -0.05) is 41.7 Å². The predicted octanol–water partition coefficient (Wildman–Crippen LogP) is 5.56. The number of furan rings is 1. The molecule has 0 saturated heterocycles. The quantitative estimate of drug-likeness (QED) is 0.205. The highest BCUT2D eigenvalue weighted by Crippen LogP contribution is 2.42. The van der Waals surface area contributed by atoms with E-state index in [0.29, 0.717) is 32.2 Å². The zero-order chi connectivity index (χ0) is 27.4. The highest BCUT2D eigenvalue weighted by atomic mass is 32.1. The van der Waals surface area contributed by atoms with Gasteiger partial charge in [-0.05, 0) is 53.6 Å². The van der Waals surface area contributed by atoms with E-state index in [1.165, 1.54) is 42.2 Å². The van der Waals surface area contributed by atoms with Crippen molar-refractivity contribution in [2.75, 3.05) is 7.11 Å². The first kappa shape index (κ1) is 24.5. The lowest BCUT2D eigenvalue weighted by Gasteiger charge is -2.30. The normalized spacial score (nSPS) is 16.2. The van der Waals surface area contributed by atoms with Crippen molar-refractivity contribution in [2.24, 2.45) is 4.99 Å².